The molecule has 5 heterocycles. The second-order valence-corrected chi connectivity index (χ2v) is 18.7. The van der Waals surface area contributed by atoms with Crippen molar-refractivity contribution in [2.75, 3.05) is 60.7 Å². The fraction of sp³-hybridized carbons (Fsp3) is 0.587. The van der Waals surface area contributed by atoms with Crippen LogP contribution in [-0.2, 0) is 46.3 Å². The van der Waals surface area contributed by atoms with Crippen LogP contribution in [0.3, 0.4) is 0 Å². The number of benzene rings is 1. The zero-order chi connectivity index (χ0) is 43.6. The van der Waals surface area contributed by atoms with Crippen LogP contribution in [-0.4, -0.2) is 115 Å². The van der Waals surface area contributed by atoms with E-state index < -0.39 is 29.6 Å². The van der Waals surface area contributed by atoms with Crippen molar-refractivity contribution in [2.45, 2.75) is 91.6 Å². The minimum Gasteiger partial charge on any atom is -0.464 e. The van der Waals surface area contributed by atoms with Crippen LogP contribution in [0.5, 0.6) is 0 Å². The Bertz CT molecular complexity index is 2200. The van der Waals surface area contributed by atoms with Gasteiger partial charge in [0.1, 0.15) is 23.2 Å². The SMILES string of the molecule is CCn1c(-c2cccnc2[C@H](C)OC)c2c3cc(ccc31)-c1csc(n1)[C@@H](OCCN(C)CCOC)[C@H](NC(=O)[C@H]1[C@H](C)[C@@H]1C)C(=O)N1CCC[C@H](N1)C(=O)OCC(C)(C)C2. The van der Waals surface area contributed by atoms with Crippen LogP contribution in [0.1, 0.15) is 82.9 Å². The van der Waals surface area contributed by atoms with Gasteiger partial charge in [0.15, 0.2) is 0 Å². The molecule has 4 aromatic rings. The number of aryl methyl sites for hydroxylation is 1. The molecule has 2 fully saturated rings. The van der Waals surface area contributed by atoms with Crippen molar-refractivity contribution >= 4 is 40.0 Å². The standard InChI is InChI=1S/C46H63N7O7S/c1-10-52-36-16-15-30-23-32(36)33(40(52)31-13-11-17-47-38(31)29(4)58-9)24-46(5,6)26-60-45(56)34-14-12-18-53(50-34)44(55)39(49-42(54)37-27(2)28(37)3)41(43-48-35(30)25-61-43)59-22-20-51(7)19-21-57-8/h11,13,15-17,23,25,27-29,34,37,39,41,50H,10,12,14,18-22,24,26H2,1-9H3,(H,49,54)/t27-,28+,29-,34-,37+,39-,41-/m0/s1. The molecule has 14 nitrogen and oxygen atoms in total. The smallest absolute Gasteiger partial charge is 0.324 e. The molecule has 330 valence electrons. The molecule has 15 heteroatoms. The van der Waals surface area contributed by atoms with E-state index in [1.54, 1.807) is 20.4 Å². The van der Waals surface area contributed by atoms with Crippen LogP contribution in [0, 0.1) is 23.2 Å². The minimum absolute atomic E-state index is 0.158. The van der Waals surface area contributed by atoms with E-state index in [-0.39, 0.29) is 48.9 Å². The highest BCUT2D eigenvalue weighted by atomic mass is 32.1. The number of rotatable bonds is 13. The molecule has 1 saturated heterocycles. The molecule has 61 heavy (non-hydrogen) atoms. The lowest BCUT2D eigenvalue weighted by Gasteiger charge is -2.37. The number of cyclic esters (lactones) is 1. The zero-order valence-electron chi connectivity index (χ0n) is 37.2. The van der Waals surface area contributed by atoms with Gasteiger partial charge in [-0.05, 0) is 81.8 Å². The maximum absolute atomic E-state index is 14.8. The van der Waals surface area contributed by atoms with Crippen LogP contribution < -0.4 is 10.7 Å². The van der Waals surface area contributed by atoms with Crippen molar-refractivity contribution in [1.82, 2.24) is 35.2 Å². The first kappa shape index (κ1) is 44.8. The van der Waals surface area contributed by atoms with Gasteiger partial charge in [0.05, 0.1) is 43.0 Å². The summed E-state index contributed by atoms with van der Waals surface area (Å²) in [5.41, 5.74) is 9.43. The van der Waals surface area contributed by atoms with Gasteiger partial charge in [-0.3, -0.25) is 24.4 Å². The molecular weight excluding hydrogens is 795 g/mol. The summed E-state index contributed by atoms with van der Waals surface area (Å²) in [5.74, 6) is -0.824. The van der Waals surface area contributed by atoms with Crippen molar-refractivity contribution in [2.24, 2.45) is 23.2 Å². The Hall–Kier alpha value is -4.25. The number of hydrazine groups is 1. The highest BCUT2D eigenvalue weighted by molar-refractivity contribution is 7.10. The Morgan fingerprint density at radius 3 is 2.64 bits per heavy atom. The fourth-order valence-electron chi connectivity index (χ4n) is 8.84. The number of hydrogen-bond acceptors (Lipinski definition) is 12. The number of amides is 2. The second-order valence-electron chi connectivity index (χ2n) is 17.8. The average Bonchev–Trinajstić information content (AvgIpc) is 3.54. The predicted octanol–water partition coefficient (Wildman–Crippen LogP) is 6.20. The van der Waals surface area contributed by atoms with Crippen LogP contribution >= 0.6 is 11.3 Å². The summed E-state index contributed by atoms with van der Waals surface area (Å²) in [5, 5.41) is 8.24. The number of esters is 1. The van der Waals surface area contributed by atoms with Crippen LogP contribution in [0.4, 0.5) is 0 Å². The molecule has 0 spiro atoms. The predicted molar refractivity (Wildman–Crippen MR) is 236 cm³/mol. The number of likely N-dealkylation sites (N-methyl/N-ethyl adjacent to an activating group) is 1. The second kappa shape index (κ2) is 19.0. The van der Waals surface area contributed by atoms with E-state index >= 15 is 0 Å². The number of nitrogens with zero attached hydrogens (tertiary/aromatic N) is 5. The number of hydrogen-bond donors (Lipinski definition) is 2. The number of ether oxygens (including phenoxy) is 4. The normalized spacial score (nSPS) is 24.7. The lowest BCUT2D eigenvalue weighted by Crippen LogP contribution is -2.61. The van der Waals surface area contributed by atoms with Gasteiger partial charge in [-0.1, -0.05) is 33.8 Å². The molecule has 2 aliphatic heterocycles. The van der Waals surface area contributed by atoms with Crippen molar-refractivity contribution in [3.8, 4) is 22.5 Å². The molecule has 2 N–H and O–H groups in total. The highest BCUT2D eigenvalue weighted by Gasteiger charge is 2.50. The molecular formula is C46H63N7O7S. The number of thiazole rings is 1. The molecule has 1 saturated carbocycles. The lowest BCUT2D eigenvalue weighted by molar-refractivity contribution is -0.157. The van der Waals surface area contributed by atoms with E-state index in [4.69, 9.17) is 28.9 Å². The zero-order valence-corrected chi connectivity index (χ0v) is 38.0. The topological polar surface area (TPSA) is 149 Å². The van der Waals surface area contributed by atoms with Gasteiger partial charge in [-0.25, -0.2) is 10.4 Å². The summed E-state index contributed by atoms with van der Waals surface area (Å²) in [6.45, 7) is 15.8. The van der Waals surface area contributed by atoms with Crippen LogP contribution in [0.2, 0.25) is 0 Å². The summed E-state index contributed by atoms with van der Waals surface area (Å²) in [4.78, 5) is 54.8. The molecule has 7 rings (SSSR count). The molecule has 1 aliphatic carbocycles. The van der Waals surface area contributed by atoms with Crippen LogP contribution in [0.25, 0.3) is 33.4 Å². The summed E-state index contributed by atoms with van der Waals surface area (Å²) < 4.78 is 26.3. The Labute approximate surface area is 363 Å². The quantitative estimate of drug-likeness (QED) is 0.148. The van der Waals surface area contributed by atoms with E-state index in [0.29, 0.717) is 57.1 Å². The van der Waals surface area contributed by atoms with Crippen molar-refractivity contribution in [1.29, 1.82) is 0 Å². The maximum atomic E-state index is 14.8. The van der Waals surface area contributed by atoms with Crippen molar-refractivity contribution in [3.63, 3.8) is 0 Å². The molecule has 0 unspecified atom stereocenters. The third-order valence-corrected chi connectivity index (χ3v) is 13.7. The molecule has 0 radical (unpaired) electrons. The van der Waals surface area contributed by atoms with E-state index in [9.17, 15) is 14.4 Å². The van der Waals surface area contributed by atoms with Crippen molar-refractivity contribution < 1.29 is 33.3 Å². The lowest BCUT2D eigenvalue weighted by atomic mass is 9.84. The summed E-state index contributed by atoms with van der Waals surface area (Å²) in [6.07, 6.45) is 2.31. The first-order chi connectivity index (χ1) is 29.3. The van der Waals surface area contributed by atoms with E-state index in [1.165, 1.54) is 16.3 Å². The number of methoxy groups -OCH3 is 2. The number of aromatic nitrogens is 3. The number of carbonyl (C=O) groups excluding carboxylic acids is 3. The third-order valence-electron chi connectivity index (χ3n) is 12.8. The van der Waals surface area contributed by atoms with Gasteiger partial charge >= 0.3 is 5.97 Å². The number of fused-ring (bicyclic) bond motifs is 6. The molecule has 3 aliphatic rings. The van der Waals surface area contributed by atoms with Crippen molar-refractivity contribution in [3.05, 3.63) is 58.2 Å². The minimum atomic E-state index is -1.12. The number of nitrogens with one attached hydrogen (secondary N) is 2. The number of pyridine rings is 1. The molecule has 6 bridgehead atoms. The average molecular weight is 858 g/mol. The Morgan fingerprint density at radius 1 is 1.15 bits per heavy atom. The molecule has 3 aromatic heterocycles. The van der Waals surface area contributed by atoms with Gasteiger partial charge < -0.3 is 33.7 Å². The van der Waals surface area contributed by atoms with Gasteiger partial charge in [-0.2, -0.15) is 0 Å². The van der Waals surface area contributed by atoms with Gasteiger partial charge in [0.25, 0.3) is 5.91 Å². The molecule has 7 atom stereocenters. The van der Waals surface area contributed by atoms with Gasteiger partial charge in [0, 0.05) is 85.3 Å². The fourth-order valence-corrected chi connectivity index (χ4v) is 9.75. The van der Waals surface area contributed by atoms with Gasteiger partial charge in [-0.15, -0.1) is 11.3 Å². The van der Waals surface area contributed by atoms with E-state index in [2.05, 4.69) is 79.1 Å². The van der Waals surface area contributed by atoms with E-state index in [1.807, 2.05) is 25.4 Å². The first-order valence-corrected chi connectivity index (χ1v) is 22.6. The first-order valence-electron chi connectivity index (χ1n) is 21.7. The summed E-state index contributed by atoms with van der Waals surface area (Å²) in [7, 11) is 5.35. The Balaban J connectivity index is 1.38. The Morgan fingerprint density at radius 2 is 1.92 bits per heavy atom. The largest absolute Gasteiger partial charge is 0.464 e. The monoisotopic (exact) mass is 857 g/mol. The summed E-state index contributed by atoms with van der Waals surface area (Å²) >= 11 is 1.41. The molecule has 1 aromatic carbocycles. The van der Waals surface area contributed by atoms with E-state index in [0.717, 1.165) is 44.7 Å². The maximum Gasteiger partial charge on any atom is 0.324 e. The van der Waals surface area contributed by atoms with Gasteiger partial charge in [0.2, 0.25) is 5.91 Å². The third kappa shape index (κ3) is 9.57. The Kier molecular flexibility index (Phi) is 14.0. The summed E-state index contributed by atoms with van der Waals surface area (Å²) in [6, 6.07) is 8.64. The highest BCUT2D eigenvalue weighted by Crippen LogP contribution is 2.46. The number of carbonyl (C=O) groups is 3. The molecule has 2 amide bonds. The van der Waals surface area contributed by atoms with Crippen LogP contribution in [0.15, 0.2) is 41.9 Å².